The fourth-order valence-electron chi connectivity index (χ4n) is 3.18. The second-order valence-electron chi connectivity index (χ2n) is 6.02. The zero-order valence-corrected chi connectivity index (χ0v) is 15.1. The van der Waals surface area contributed by atoms with Crippen LogP contribution in [0.15, 0.2) is 35.1 Å². The van der Waals surface area contributed by atoms with Gasteiger partial charge in [-0.3, -0.25) is 9.59 Å². The first-order valence-corrected chi connectivity index (χ1v) is 8.60. The molecule has 1 aliphatic rings. The third-order valence-electron chi connectivity index (χ3n) is 4.33. The molecule has 0 saturated carbocycles. The summed E-state index contributed by atoms with van der Waals surface area (Å²) in [6, 6.07) is 8.24. The summed E-state index contributed by atoms with van der Waals surface area (Å²) < 4.78 is 1.52. The zero-order valence-electron chi connectivity index (χ0n) is 13.6. The van der Waals surface area contributed by atoms with Crippen molar-refractivity contribution in [3.8, 4) is 5.82 Å². The Bertz CT molecular complexity index is 1070. The van der Waals surface area contributed by atoms with Gasteiger partial charge in [-0.25, -0.2) is 5.10 Å². The minimum Gasteiger partial charge on any atom is -0.310 e. The highest BCUT2D eigenvalue weighted by atomic mass is 35.5. The number of carbonyl (C=O) groups is 1. The Hall–Kier alpha value is -2.64. The maximum atomic E-state index is 12.3. The standard InChI is InChI=1S/C17H13Cl2N5O2/c1-8-16-10(9-2-3-11(18)12(19)6-9)7-15(26)20-17(16)24(23-8)13-4-5-14(25)22-21-13/h2-6,10H,7H2,1H3,(H,20,26)(H,22,25). The van der Waals surface area contributed by atoms with Crippen LogP contribution in [-0.2, 0) is 4.79 Å². The third-order valence-corrected chi connectivity index (χ3v) is 5.07. The van der Waals surface area contributed by atoms with E-state index in [0.29, 0.717) is 21.7 Å². The van der Waals surface area contributed by atoms with Crippen LogP contribution in [0.3, 0.4) is 0 Å². The van der Waals surface area contributed by atoms with E-state index in [4.69, 9.17) is 23.2 Å². The van der Waals surface area contributed by atoms with Crippen molar-refractivity contribution >= 4 is 34.9 Å². The number of benzene rings is 1. The predicted octanol–water partition coefficient (Wildman–Crippen LogP) is 3.04. The topological polar surface area (TPSA) is 92.7 Å². The van der Waals surface area contributed by atoms with E-state index in [1.54, 1.807) is 18.2 Å². The van der Waals surface area contributed by atoms with Gasteiger partial charge in [0, 0.05) is 24.0 Å². The zero-order chi connectivity index (χ0) is 18.4. The van der Waals surface area contributed by atoms with E-state index in [2.05, 4.69) is 20.6 Å². The summed E-state index contributed by atoms with van der Waals surface area (Å²) in [5.74, 6) is 0.600. The number of aromatic amines is 1. The van der Waals surface area contributed by atoms with E-state index in [0.717, 1.165) is 16.8 Å². The molecule has 0 aliphatic carbocycles. The normalized spacial score (nSPS) is 16.3. The number of amides is 1. The van der Waals surface area contributed by atoms with E-state index in [1.807, 2.05) is 13.0 Å². The average Bonchev–Trinajstić information content (AvgIpc) is 2.94. The maximum Gasteiger partial charge on any atom is 0.264 e. The molecule has 2 aromatic heterocycles. The molecule has 7 nitrogen and oxygen atoms in total. The summed E-state index contributed by atoms with van der Waals surface area (Å²) in [6.07, 6.45) is 0.274. The number of carbonyl (C=O) groups excluding carboxylic acids is 1. The highest BCUT2D eigenvalue weighted by Gasteiger charge is 2.33. The van der Waals surface area contributed by atoms with Gasteiger partial charge in [0.15, 0.2) is 5.82 Å². The summed E-state index contributed by atoms with van der Waals surface area (Å²) >= 11 is 12.2. The third kappa shape index (κ3) is 2.79. The van der Waals surface area contributed by atoms with Crippen molar-refractivity contribution in [1.82, 2.24) is 20.0 Å². The molecule has 26 heavy (non-hydrogen) atoms. The molecular weight excluding hydrogens is 377 g/mol. The Balaban J connectivity index is 1.88. The van der Waals surface area contributed by atoms with Gasteiger partial charge >= 0.3 is 0 Å². The Kier molecular flexibility index (Phi) is 4.05. The lowest BCUT2D eigenvalue weighted by Crippen LogP contribution is -2.25. The van der Waals surface area contributed by atoms with Gasteiger partial charge in [-0.1, -0.05) is 29.3 Å². The van der Waals surface area contributed by atoms with Crippen LogP contribution in [0.2, 0.25) is 10.0 Å². The number of hydrogen-bond donors (Lipinski definition) is 2. The minimum absolute atomic E-state index is 0.140. The quantitative estimate of drug-likeness (QED) is 0.704. The molecule has 1 amide bonds. The number of nitrogens with zero attached hydrogens (tertiary/aromatic N) is 3. The van der Waals surface area contributed by atoms with Crippen LogP contribution < -0.4 is 10.9 Å². The number of halogens is 2. The van der Waals surface area contributed by atoms with E-state index >= 15 is 0 Å². The Labute approximate surface area is 157 Å². The maximum absolute atomic E-state index is 12.3. The molecule has 9 heteroatoms. The van der Waals surface area contributed by atoms with Crippen LogP contribution in [0.4, 0.5) is 5.82 Å². The molecule has 1 unspecified atom stereocenters. The smallest absolute Gasteiger partial charge is 0.264 e. The number of aromatic nitrogens is 4. The summed E-state index contributed by atoms with van der Waals surface area (Å²) in [5.41, 5.74) is 2.21. The molecule has 3 aromatic rings. The van der Waals surface area contributed by atoms with Crippen molar-refractivity contribution in [1.29, 1.82) is 0 Å². The lowest BCUT2D eigenvalue weighted by atomic mass is 9.86. The number of aryl methyl sites for hydroxylation is 1. The van der Waals surface area contributed by atoms with Gasteiger partial charge in [0.05, 0.1) is 15.7 Å². The molecule has 2 N–H and O–H groups in total. The largest absolute Gasteiger partial charge is 0.310 e. The van der Waals surface area contributed by atoms with Gasteiger partial charge in [0.1, 0.15) is 5.82 Å². The lowest BCUT2D eigenvalue weighted by Gasteiger charge is -2.24. The van der Waals surface area contributed by atoms with Crippen LogP contribution in [0.5, 0.6) is 0 Å². The molecule has 1 aliphatic heterocycles. The number of hydrogen-bond acceptors (Lipinski definition) is 4. The van der Waals surface area contributed by atoms with Gasteiger partial charge in [-0.2, -0.15) is 14.9 Å². The molecule has 132 valence electrons. The number of nitrogens with one attached hydrogen (secondary N) is 2. The van der Waals surface area contributed by atoms with Crippen LogP contribution in [0.25, 0.3) is 5.82 Å². The SMILES string of the molecule is Cc1nn(-c2ccc(=O)[nH]n2)c2c1C(c1ccc(Cl)c(Cl)c1)CC(=O)N2. The van der Waals surface area contributed by atoms with Crippen molar-refractivity contribution in [2.24, 2.45) is 0 Å². The van der Waals surface area contributed by atoms with E-state index < -0.39 is 0 Å². The first-order valence-electron chi connectivity index (χ1n) is 7.84. The number of anilines is 1. The molecule has 3 heterocycles. The van der Waals surface area contributed by atoms with E-state index in [-0.39, 0.29) is 23.8 Å². The summed E-state index contributed by atoms with van der Waals surface area (Å²) in [7, 11) is 0. The van der Waals surface area contributed by atoms with Gasteiger partial charge in [-0.05, 0) is 30.7 Å². The summed E-state index contributed by atoms with van der Waals surface area (Å²) in [6.45, 7) is 1.86. The molecule has 0 radical (unpaired) electrons. The fraction of sp³-hybridized carbons (Fsp3) is 0.176. The fourth-order valence-corrected chi connectivity index (χ4v) is 3.49. The second kappa shape index (κ2) is 6.26. The summed E-state index contributed by atoms with van der Waals surface area (Å²) in [4.78, 5) is 23.6. The Morgan fingerprint density at radius 2 is 1.96 bits per heavy atom. The van der Waals surface area contributed by atoms with E-state index in [9.17, 15) is 9.59 Å². The molecule has 0 fully saturated rings. The average molecular weight is 390 g/mol. The molecule has 1 atom stereocenters. The number of H-pyrrole nitrogens is 1. The van der Waals surface area contributed by atoms with Gasteiger partial charge in [0.2, 0.25) is 5.91 Å². The van der Waals surface area contributed by atoms with Gasteiger partial charge < -0.3 is 5.32 Å². The van der Waals surface area contributed by atoms with Crippen molar-refractivity contribution < 1.29 is 4.79 Å². The monoisotopic (exact) mass is 389 g/mol. The van der Waals surface area contributed by atoms with Crippen molar-refractivity contribution in [2.45, 2.75) is 19.3 Å². The highest BCUT2D eigenvalue weighted by Crippen LogP contribution is 2.41. The first kappa shape index (κ1) is 16.8. The van der Waals surface area contributed by atoms with Crippen LogP contribution in [0, 0.1) is 6.92 Å². The van der Waals surface area contributed by atoms with Crippen molar-refractivity contribution in [3.63, 3.8) is 0 Å². The molecule has 0 bridgehead atoms. The first-order chi connectivity index (χ1) is 12.4. The Morgan fingerprint density at radius 3 is 2.65 bits per heavy atom. The second-order valence-corrected chi connectivity index (χ2v) is 6.83. The highest BCUT2D eigenvalue weighted by molar-refractivity contribution is 6.42. The van der Waals surface area contributed by atoms with Crippen LogP contribution in [0.1, 0.15) is 29.2 Å². The van der Waals surface area contributed by atoms with Crippen molar-refractivity contribution in [2.75, 3.05) is 5.32 Å². The van der Waals surface area contributed by atoms with E-state index in [1.165, 1.54) is 10.7 Å². The minimum atomic E-state index is -0.316. The molecule has 1 aromatic carbocycles. The summed E-state index contributed by atoms with van der Waals surface area (Å²) in [5, 5.41) is 14.6. The molecular formula is C17H13Cl2N5O2. The van der Waals surface area contributed by atoms with Crippen LogP contribution in [-0.4, -0.2) is 25.9 Å². The molecule has 0 saturated heterocycles. The van der Waals surface area contributed by atoms with Gasteiger partial charge in [0.25, 0.3) is 5.56 Å². The van der Waals surface area contributed by atoms with Gasteiger partial charge in [-0.15, -0.1) is 0 Å². The molecule has 4 rings (SSSR count). The number of rotatable bonds is 2. The number of fused-ring (bicyclic) bond motifs is 1. The van der Waals surface area contributed by atoms with Crippen LogP contribution >= 0.6 is 23.2 Å². The predicted molar refractivity (Wildman–Crippen MR) is 98.3 cm³/mol. The Morgan fingerprint density at radius 1 is 1.15 bits per heavy atom. The van der Waals surface area contributed by atoms with Crippen molar-refractivity contribution in [3.05, 3.63) is 67.6 Å². The lowest BCUT2D eigenvalue weighted by molar-refractivity contribution is -0.116. The molecule has 0 spiro atoms.